The Kier molecular flexibility index (Phi) is 6.39. The lowest BCUT2D eigenvalue weighted by Crippen LogP contribution is -2.50. The Labute approximate surface area is 181 Å². The van der Waals surface area contributed by atoms with Crippen LogP contribution in [0.5, 0.6) is 5.75 Å². The fraction of sp³-hybridized carbons (Fsp3) is 0.261. The lowest BCUT2D eigenvalue weighted by molar-refractivity contribution is 0.0662. The zero-order valence-electron chi connectivity index (χ0n) is 17.0. The van der Waals surface area contributed by atoms with Crippen molar-refractivity contribution in [2.24, 2.45) is 0 Å². The molecule has 162 valence electrons. The number of sulfonamides is 1. The van der Waals surface area contributed by atoms with Crippen LogP contribution < -0.4 is 4.74 Å². The highest BCUT2D eigenvalue weighted by Gasteiger charge is 2.30. The third-order valence-corrected chi connectivity index (χ3v) is 6.96. The molecule has 2 aromatic carbocycles. The molecule has 1 saturated heterocycles. The molecule has 0 aliphatic carbocycles. The van der Waals surface area contributed by atoms with Crippen LogP contribution in [0.25, 0.3) is 0 Å². The van der Waals surface area contributed by atoms with Crippen LogP contribution in [0.4, 0.5) is 0 Å². The van der Waals surface area contributed by atoms with Gasteiger partial charge in [0.25, 0.3) is 5.91 Å². The van der Waals surface area contributed by atoms with Gasteiger partial charge in [0.2, 0.25) is 10.0 Å². The summed E-state index contributed by atoms with van der Waals surface area (Å²) in [6.45, 7) is 1.41. The molecule has 1 aromatic heterocycles. The van der Waals surface area contributed by atoms with Crippen LogP contribution >= 0.6 is 0 Å². The highest BCUT2D eigenvalue weighted by atomic mass is 32.2. The number of para-hydroxylation sites is 1. The number of furan rings is 1. The van der Waals surface area contributed by atoms with E-state index >= 15 is 0 Å². The second-order valence-electron chi connectivity index (χ2n) is 7.30. The number of ether oxygens (including phenoxy) is 1. The zero-order chi connectivity index (χ0) is 21.7. The van der Waals surface area contributed by atoms with E-state index in [1.165, 1.54) is 4.31 Å². The van der Waals surface area contributed by atoms with Gasteiger partial charge in [0.05, 0.1) is 5.75 Å². The van der Waals surface area contributed by atoms with Crippen molar-refractivity contribution in [3.63, 3.8) is 0 Å². The molecule has 1 aliphatic heterocycles. The molecule has 1 fully saturated rings. The number of benzene rings is 2. The molecule has 0 unspecified atom stereocenters. The fourth-order valence-electron chi connectivity index (χ4n) is 3.44. The number of carbonyl (C=O) groups excluding carboxylic acids is 1. The van der Waals surface area contributed by atoms with Crippen molar-refractivity contribution in [1.82, 2.24) is 9.21 Å². The summed E-state index contributed by atoms with van der Waals surface area (Å²) >= 11 is 0. The van der Waals surface area contributed by atoms with E-state index in [1.54, 1.807) is 29.2 Å². The Bertz CT molecular complexity index is 1110. The molecule has 1 aliphatic rings. The van der Waals surface area contributed by atoms with Crippen LogP contribution in [0.1, 0.15) is 21.9 Å². The van der Waals surface area contributed by atoms with Crippen molar-refractivity contribution in [3.8, 4) is 5.75 Å². The summed E-state index contributed by atoms with van der Waals surface area (Å²) < 4.78 is 38.1. The summed E-state index contributed by atoms with van der Waals surface area (Å²) in [5.74, 6) is 1.22. The number of hydrogen-bond donors (Lipinski definition) is 0. The normalized spacial score (nSPS) is 15.0. The largest absolute Gasteiger partial charge is 0.486 e. The van der Waals surface area contributed by atoms with Gasteiger partial charge >= 0.3 is 0 Å². The average molecular weight is 441 g/mol. The van der Waals surface area contributed by atoms with E-state index in [1.807, 2.05) is 48.5 Å². The molecule has 0 saturated carbocycles. The molecular weight excluding hydrogens is 416 g/mol. The van der Waals surface area contributed by atoms with Gasteiger partial charge in [0.1, 0.15) is 18.1 Å². The molecule has 0 radical (unpaired) electrons. The molecule has 0 N–H and O–H groups in total. The molecule has 0 atom stereocenters. The quantitative estimate of drug-likeness (QED) is 0.564. The van der Waals surface area contributed by atoms with Crippen LogP contribution in [-0.4, -0.2) is 49.7 Å². The Balaban J connectivity index is 1.30. The third kappa shape index (κ3) is 5.34. The van der Waals surface area contributed by atoms with Crippen LogP contribution in [0.3, 0.4) is 0 Å². The van der Waals surface area contributed by atoms with Gasteiger partial charge in [-0.05, 0) is 29.8 Å². The Morgan fingerprint density at radius 1 is 0.871 bits per heavy atom. The van der Waals surface area contributed by atoms with Gasteiger partial charge in [-0.25, -0.2) is 8.42 Å². The van der Waals surface area contributed by atoms with Crippen molar-refractivity contribution in [3.05, 3.63) is 89.9 Å². The van der Waals surface area contributed by atoms with Crippen LogP contribution in [0.15, 0.2) is 77.2 Å². The summed E-state index contributed by atoms with van der Waals surface area (Å²) in [5, 5.41) is 0. The first-order chi connectivity index (χ1) is 15.0. The summed E-state index contributed by atoms with van der Waals surface area (Å²) in [7, 11) is -3.42. The summed E-state index contributed by atoms with van der Waals surface area (Å²) in [5.41, 5.74) is 0.752. The zero-order valence-corrected chi connectivity index (χ0v) is 17.8. The summed E-state index contributed by atoms with van der Waals surface area (Å²) in [6, 6.07) is 21.8. The molecule has 0 bridgehead atoms. The molecule has 0 spiro atoms. The standard InChI is InChI=1S/C23H24N2O5S/c26-23(22-12-11-21(30-22)17-29-20-9-5-2-6-10-20)24-13-15-25(16-14-24)31(27,28)18-19-7-3-1-4-8-19/h1-12H,13-18H2. The second kappa shape index (κ2) is 9.36. The van der Waals surface area contributed by atoms with Crippen molar-refractivity contribution in [1.29, 1.82) is 0 Å². The lowest BCUT2D eigenvalue weighted by Gasteiger charge is -2.33. The third-order valence-electron chi connectivity index (χ3n) is 5.11. The molecule has 8 heteroatoms. The van der Waals surface area contributed by atoms with Crippen LogP contribution in [-0.2, 0) is 22.4 Å². The monoisotopic (exact) mass is 440 g/mol. The van der Waals surface area contributed by atoms with Crippen molar-refractivity contribution >= 4 is 15.9 Å². The smallest absolute Gasteiger partial charge is 0.289 e. The van der Waals surface area contributed by atoms with E-state index in [0.717, 1.165) is 11.3 Å². The van der Waals surface area contributed by atoms with Crippen molar-refractivity contribution in [2.45, 2.75) is 12.4 Å². The van der Waals surface area contributed by atoms with Gasteiger partial charge in [-0.1, -0.05) is 48.5 Å². The van der Waals surface area contributed by atoms with E-state index in [2.05, 4.69) is 0 Å². The first kappa shape index (κ1) is 21.1. The number of rotatable bonds is 7. The van der Waals surface area contributed by atoms with Gasteiger partial charge < -0.3 is 14.1 Å². The molecular formula is C23H24N2O5S. The summed E-state index contributed by atoms with van der Waals surface area (Å²) in [6.07, 6.45) is 0. The molecule has 3 aromatic rings. The highest BCUT2D eigenvalue weighted by molar-refractivity contribution is 7.88. The molecule has 4 rings (SSSR count). The first-order valence-electron chi connectivity index (χ1n) is 10.1. The Morgan fingerprint density at radius 2 is 1.52 bits per heavy atom. The van der Waals surface area contributed by atoms with E-state index in [9.17, 15) is 13.2 Å². The average Bonchev–Trinajstić information content (AvgIpc) is 3.27. The van der Waals surface area contributed by atoms with E-state index in [4.69, 9.17) is 9.15 Å². The van der Waals surface area contributed by atoms with E-state index in [0.29, 0.717) is 18.8 Å². The Hall–Kier alpha value is -3.10. The predicted molar refractivity (Wildman–Crippen MR) is 116 cm³/mol. The van der Waals surface area contributed by atoms with Crippen LogP contribution in [0.2, 0.25) is 0 Å². The maximum absolute atomic E-state index is 12.8. The minimum absolute atomic E-state index is 0.0370. The number of piperazine rings is 1. The topological polar surface area (TPSA) is 80.1 Å². The van der Waals surface area contributed by atoms with Gasteiger partial charge in [0.15, 0.2) is 5.76 Å². The van der Waals surface area contributed by atoms with Crippen molar-refractivity contribution in [2.75, 3.05) is 26.2 Å². The molecule has 7 nitrogen and oxygen atoms in total. The van der Waals surface area contributed by atoms with Crippen LogP contribution in [0, 0.1) is 0 Å². The van der Waals surface area contributed by atoms with E-state index in [-0.39, 0.29) is 37.1 Å². The maximum atomic E-state index is 12.8. The van der Waals surface area contributed by atoms with Gasteiger partial charge in [-0.2, -0.15) is 4.31 Å². The maximum Gasteiger partial charge on any atom is 0.289 e. The molecule has 31 heavy (non-hydrogen) atoms. The fourth-order valence-corrected chi connectivity index (χ4v) is 4.96. The first-order valence-corrected chi connectivity index (χ1v) is 11.7. The number of amides is 1. The minimum Gasteiger partial charge on any atom is -0.486 e. The molecule has 1 amide bonds. The SMILES string of the molecule is O=C(c1ccc(COc2ccccc2)o1)N1CCN(S(=O)(=O)Cc2ccccc2)CC1. The summed E-state index contributed by atoms with van der Waals surface area (Å²) in [4.78, 5) is 14.4. The van der Waals surface area contributed by atoms with Gasteiger partial charge in [0, 0.05) is 26.2 Å². The van der Waals surface area contributed by atoms with Crippen molar-refractivity contribution < 1.29 is 22.4 Å². The highest BCUT2D eigenvalue weighted by Crippen LogP contribution is 2.18. The molecule has 2 heterocycles. The van der Waals surface area contributed by atoms with Gasteiger partial charge in [-0.15, -0.1) is 0 Å². The lowest BCUT2D eigenvalue weighted by atomic mass is 10.2. The minimum atomic E-state index is -3.42. The second-order valence-corrected chi connectivity index (χ2v) is 9.27. The Morgan fingerprint density at radius 3 is 2.19 bits per heavy atom. The number of carbonyl (C=O) groups is 1. The van der Waals surface area contributed by atoms with E-state index < -0.39 is 10.0 Å². The number of nitrogens with zero attached hydrogens (tertiary/aromatic N) is 2. The number of hydrogen-bond acceptors (Lipinski definition) is 5. The predicted octanol–water partition coefficient (Wildman–Crippen LogP) is 3.15. The van der Waals surface area contributed by atoms with Gasteiger partial charge in [-0.3, -0.25) is 4.79 Å².